The van der Waals surface area contributed by atoms with Gasteiger partial charge in [-0.1, -0.05) is 84.9 Å². The smallest absolute Gasteiger partial charge is 0.0273 e. The zero-order valence-corrected chi connectivity index (χ0v) is 16.4. The third-order valence-corrected chi connectivity index (χ3v) is 5.96. The van der Waals surface area contributed by atoms with E-state index in [0.717, 1.165) is 0 Å². The maximum Gasteiger partial charge on any atom is 0.0273 e. The number of fused-ring (bicyclic) bond motifs is 3. The van der Waals surface area contributed by atoms with Crippen molar-refractivity contribution < 1.29 is 0 Å². The minimum absolute atomic E-state index is 1.19. The van der Waals surface area contributed by atoms with Crippen LogP contribution in [0.25, 0.3) is 54.6 Å². The van der Waals surface area contributed by atoms with Crippen LogP contribution >= 0.6 is 0 Å². The molecule has 6 aromatic rings. The Bertz CT molecular complexity index is 1480. The van der Waals surface area contributed by atoms with Crippen LogP contribution < -0.4 is 0 Å². The van der Waals surface area contributed by atoms with E-state index in [1.165, 1.54) is 54.6 Å². The molecular weight excluding hydrogens is 362 g/mol. The molecule has 1 nitrogen and oxygen atoms in total. The lowest BCUT2D eigenvalue weighted by molar-refractivity contribution is 1.33. The Morgan fingerprint density at radius 3 is 1.57 bits per heavy atom. The summed E-state index contributed by atoms with van der Waals surface area (Å²) >= 11 is 0. The lowest BCUT2D eigenvalue weighted by Gasteiger charge is -2.16. The van der Waals surface area contributed by atoms with Gasteiger partial charge in [0, 0.05) is 12.4 Å². The van der Waals surface area contributed by atoms with E-state index in [2.05, 4.69) is 108 Å². The second-order valence-electron chi connectivity index (χ2n) is 7.64. The first kappa shape index (κ1) is 16.9. The van der Waals surface area contributed by atoms with E-state index >= 15 is 0 Å². The lowest BCUT2D eigenvalue weighted by Crippen LogP contribution is -1.89. The topological polar surface area (TPSA) is 12.9 Å². The van der Waals surface area contributed by atoms with Gasteiger partial charge >= 0.3 is 0 Å². The molecule has 0 atom stereocenters. The number of nitrogens with zero attached hydrogens (tertiary/aromatic N) is 1. The first-order valence-electron chi connectivity index (χ1n) is 10.2. The van der Waals surface area contributed by atoms with Gasteiger partial charge in [-0.05, 0) is 72.8 Å². The van der Waals surface area contributed by atoms with Crippen molar-refractivity contribution in [3.63, 3.8) is 0 Å². The third kappa shape index (κ3) is 2.60. The molecule has 0 spiro atoms. The van der Waals surface area contributed by atoms with Crippen LogP contribution in [0.4, 0.5) is 0 Å². The van der Waals surface area contributed by atoms with Gasteiger partial charge in [-0.3, -0.25) is 4.98 Å². The van der Waals surface area contributed by atoms with Crippen molar-refractivity contribution in [2.45, 2.75) is 0 Å². The summed E-state index contributed by atoms with van der Waals surface area (Å²) in [6.07, 6.45) is 3.71. The molecule has 1 aromatic heterocycles. The van der Waals surface area contributed by atoms with Crippen molar-refractivity contribution in [3.05, 3.63) is 116 Å². The molecule has 0 amide bonds. The minimum atomic E-state index is 1.19. The maximum atomic E-state index is 4.18. The van der Waals surface area contributed by atoms with Crippen LogP contribution in [0.15, 0.2) is 116 Å². The zero-order chi connectivity index (χ0) is 19.9. The Morgan fingerprint density at radius 1 is 0.433 bits per heavy atom. The number of hydrogen-bond acceptors (Lipinski definition) is 1. The molecule has 0 N–H and O–H groups in total. The van der Waals surface area contributed by atoms with E-state index in [1.807, 2.05) is 12.4 Å². The van der Waals surface area contributed by atoms with Gasteiger partial charge in [-0.2, -0.15) is 0 Å². The molecule has 5 aromatic carbocycles. The van der Waals surface area contributed by atoms with Crippen molar-refractivity contribution in [2.24, 2.45) is 0 Å². The van der Waals surface area contributed by atoms with Gasteiger partial charge in [0.25, 0.3) is 0 Å². The van der Waals surface area contributed by atoms with Crippen LogP contribution in [0, 0.1) is 0 Å². The van der Waals surface area contributed by atoms with Gasteiger partial charge in [0.1, 0.15) is 0 Å². The molecule has 0 fully saturated rings. The molecule has 0 saturated carbocycles. The highest BCUT2D eigenvalue weighted by Gasteiger charge is 2.14. The molecule has 0 saturated heterocycles. The predicted molar refractivity (Wildman–Crippen MR) is 128 cm³/mol. The normalized spacial score (nSPS) is 11.3. The fourth-order valence-corrected chi connectivity index (χ4v) is 4.60. The highest BCUT2D eigenvalue weighted by Crippen LogP contribution is 2.41. The van der Waals surface area contributed by atoms with Crippen LogP contribution in [0.5, 0.6) is 0 Å². The molecule has 30 heavy (non-hydrogen) atoms. The Balaban J connectivity index is 1.76. The van der Waals surface area contributed by atoms with E-state index in [-0.39, 0.29) is 0 Å². The molecule has 0 aliphatic heterocycles. The van der Waals surface area contributed by atoms with E-state index in [0.29, 0.717) is 0 Å². The number of hydrogen-bond donors (Lipinski definition) is 0. The van der Waals surface area contributed by atoms with E-state index in [1.54, 1.807) is 0 Å². The van der Waals surface area contributed by atoms with Crippen molar-refractivity contribution in [1.82, 2.24) is 4.98 Å². The fraction of sp³-hybridized carbons (Fsp3) is 0. The Kier molecular flexibility index (Phi) is 3.85. The predicted octanol–water partition coefficient (Wildman–Crippen LogP) is 7.88. The largest absolute Gasteiger partial charge is 0.265 e. The fourth-order valence-electron chi connectivity index (χ4n) is 4.60. The Morgan fingerprint density at radius 2 is 0.933 bits per heavy atom. The van der Waals surface area contributed by atoms with Gasteiger partial charge in [0.2, 0.25) is 0 Å². The zero-order valence-electron chi connectivity index (χ0n) is 16.4. The molecule has 0 aliphatic carbocycles. The van der Waals surface area contributed by atoms with Crippen LogP contribution in [0.3, 0.4) is 0 Å². The number of pyridine rings is 1. The van der Waals surface area contributed by atoms with Crippen molar-refractivity contribution in [2.75, 3.05) is 0 Å². The van der Waals surface area contributed by atoms with Gasteiger partial charge in [0.15, 0.2) is 0 Å². The van der Waals surface area contributed by atoms with E-state index < -0.39 is 0 Å². The first-order chi connectivity index (χ1) is 14.9. The summed E-state index contributed by atoms with van der Waals surface area (Å²) in [5, 5.41) is 7.66. The minimum Gasteiger partial charge on any atom is -0.265 e. The molecule has 0 radical (unpaired) electrons. The van der Waals surface area contributed by atoms with Gasteiger partial charge in [-0.25, -0.2) is 0 Å². The average molecular weight is 381 g/mol. The highest BCUT2D eigenvalue weighted by molar-refractivity contribution is 6.18. The van der Waals surface area contributed by atoms with Crippen LogP contribution in [0.2, 0.25) is 0 Å². The van der Waals surface area contributed by atoms with Gasteiger partial charge in [-0.15, -0.1) is 0 Å². The molecule has 1 heterocycles. The number of benzene rings is 5. The highest BCUT2D eigenvalue weighted by atomic mass is 14.6. The van der Waals surface area contributed by atoms with Crippen LogP contribution in [-0.2, 0) is 0 Å². The monoisotopic (exact) mass is 381 g/mol. The second-order valence-corrected chi connectivity index (χ2v) is 7.64. The summed E-state index contributed by atoms with van der Waals surface area (Å²) in [6, 6.07) is 37.1. The van der Waals surface area contributed by atoms with Crippen molar-refractivity contribution in [3.8, 4) is 22.3 Å². The molecule has 140 valence electrons. The van der Waals surface area contributed by atoms with Crippen LogP contribution in [-0.4, -0.2) is 4.98 Å². The lowest BCUT2D eigenvalue weighted by atomic mass is 9.87. The van der Waals surface area contributed by atoms with Gasteiger partial charge in [0.05, 0.1) is 0 Å². The van der Waals surface area contributed by atoms with Gasteiger partial charge < -0.3 is 0 Å². The molecule has 0 aliphatic rings. The third-order valence-electron chi connectivity index (χ3n) is 5.96. The van der Waals surface area contributed by atoms with Crippen molar-refractivity contribution in [1.29, 1.82) is 0 Å². The molecule has 0 bridgehead atoms. The summed E-state index contributed by atoms with van der Waals surface area (Å²) in [7, 11) is 0. The summed E-state index contributed by atoms with van der Waals surface area (Å²) in [5.74, 6) is 0. The summed E-state index contributed by atoms with van der Waals surface area (Å²) in [5.41, 5.74) is 5.01. The molecule has 1 heteroatoms. The first-order valence-corrected chi connectivity index (χ1v) is 10.2. The standard InChI is InChI=1S/C29H19N/c1-3-9-24-21(7-1)19-22-8-2-4-10-25(22)29(24)28-14-13-23(20-15-17-30-18-16-20)26-11-5-6-12-27(26)28/h1-19H. The van der Waals surface area contributed by atoms with Crippen LogP contribution in [0.1, 0.15) is 0 Å². The maximum absolute atomic E-state index is 4.18. The molecule has 0 unspecified atom stereocenters. The van der Waals surface area contributed by atoms with E-state index in [4.69, 9.17) is 0 Å². The summed E-state index contributed by atoms with van der Waals surface area (Å²) in [6.45, 7) is 0. The number of rotatable bonds is 2. The SMILES string of the molecule is c1ccc2c(-c3ccc(-c4ccncc4)c4ccccc34)c3ccccc3cc2c1. The Hall–Kier alpha value is -3.97. The number of aromatic nitrogens is 1. The average Bonchev–Trinajstić information content (AvgIpc) is 2.82. The van der Waals surface area contributed by atoms with E-state index in [9.17, 15) is 0 Å². The second kappa shape index (κ2) is 6.82. The molecule has 6 rings (SSSR count). The Labute approximate surface area is 175 Å². The summed E-state index contributed by atoms with van der Waals surface area (Å²) < 4.78 is 0. The molecular formula is C29H19N. The van der Waals surface area contributed by atoms with Crippen molar-refractivity contribution >= 4 is 32.3 Å². The quantitative estimate of drug-likeness (QED) is 0.278. The summed E-state index contributed by atoms with van der Waals surface area (Å²) in [4.78, 5) is 4.18.